The number of aromatic nitrogens is 2. The normalized spacial score (nSPS) is 25.7. The number of anilines is 1. The summed E-state index contributed by atoms with van der Waals surface area (Å²) in [6.45, 7) is 6.29. The third-order valence-corrected chi connectivity index (χ3v) is 6.05. The van der Waals surface area contributed by atoms with E-state index in [1.54, 1.807) is 12.4 Å². The van der Waals surface area contributed by atoms with Crippen molar-refractivity contribution in [2.45, 2.75) is 44.6 Å². The molecule has 0 aliphatic carbocycles. The largest absolute Gasteiger partial charge is 0.355 e. The first kappa shape index (κ1) is 16.8. The van der Waals surface area contributed by atoms with Crippen LogP contribution in [-0.4, -0.2) is 71.0 Å². The lowest BCUT2D eigenvalue weighted by Crippen LogP contribution is -2.47. The summed E-state index contributed by atoms with van der Waals surface area (Å²) in [7, 11) is 0. The highest BCUT2D eigenvalue weighted by atomic mass is 16.2. The Morgan fingerprint density at radius 2 is 1.80 bits per heavy atom. The molecule has 6 heteroatoms. The minimum Gasteiger partial charge on any atom is -0.355 e. The minimum absolute atomic E-state index is 0.187. The van der Waals surface area contributed by atoms with Crippen molar-refractivity contribution >= 4 is 11.7 Å². The van der Waals surface area contributed by atoms with Gasteiger partial charge in [-0.05, 0) is 51.6 Å². The number of carbonyl (C=O) groups is 1. The first-order valence-electron chi connectivity index (χ1n) is 9.85. The molecule has 0 unspecified atom stereocenters. The number of amides is 1. The summed E-state index contributed by atoms with van der Waals surface area (Å²) in [5.41, 5.74) is 0. The third-order valence-electron chi connectivity index (χ3n) is 6.05. The average molecular weight is 343 g/mol. The summed E-state index contributed by atoms with van der Waals surface area (Å²) < 4.78 is 0. The predicted molar refractivity (Wildman–Crippen MR) is 97.4 cm³/mol. The molecule has 1 aromatic heterocycles. The van der Waals surface area contributed by atoms with E-state index >= 15 is 0 Å². The van der Waals surface area contributed by atoms with E-state index < -0.39 is 0 Å². The highest BCUT2D eigenvalue weighted by Crippen LogP contribution is 2.27. The summed E-state index contributed by atoms with van der Waals surface area (Å²) in [4.78, 5) is 28.6. The van der Waals surface area contributed by atoms with Crippen molar-refractivity contribution in [1.82, 2.24) is 19.8 Å². The molecule has 1 amide bonds. The van der Waals surface area contributed by atoms with Gasteiger partial charge in [-0.3, -0.25) is 9.78 Å². The van der Waals surface area contributed by atoms with Crippen molar-refractivity contribution in [2.75, 3.05) is 44.2 Å². The van der Waals surface area contributed by atoms with Crippen LogP contribution < -0.4 is 4.90 Å². The second-order valence-corrected chi connectivity index (χ2v) is 7.66. The van der Waals surface area contributed by atoms with Crippen molar-refractivity contribution in [2.24, 2.45) is 5.92 Å². The van der Waals surface area contributed by atoms with Crippen LogP contribution in [0, 0.1) is 5.92 Å². The van der Waals surface area contributed by atoms with Crippen LogP contribution in [0.5, 0.6) is 0 Å². The van der Waals surface area contributed by atoms with Gasteiger partial charge in [-0.1, -0.05) is 0 Å². The van der Waals surface area contributed by atoms with Gasteiger partial charge in [0.1, 0.15) is 5.82 Å². The zero-order valence-corrected chi connectivity index (χ0v) is 15.0. The van der Waals surface area contributed by atoms with Crippen LogP contribution in [0.2, 0.25) is 0 Å². The molecule has 3 saturated heterocycles. The van der Waals surface area contributed by atoms with E-state index in [2.05, 4.69) is 24.7 Å². The number of piperidine rings is 1. The lowest BCUT2D eigenvalue weighted by Gasteiger charge is -2.36. The second kappa shape index (κ2) is 7.68. The maximum atomic E-state index is 13.1. The van der Waals surface area contributed by atoms with Gasteiger partial charge in [0.05, 0.1) is 6.20 Å². The SMILES string of the molecule is O=C(C1CCN(c2cnccn2)CC1)N1CCC[C@@H]1CN1CCCC1. The molecule has 3 fully saturated rings. The molecular formula is C19H29N5O. The van der Waals surface area contributed by atoms with E-state index in [0.717, 1.165) is 44.8 Å². The summed E-state index contributed by atoms with van der Waals surface area (Å²) in [6, 6.07) is 0.448. The number of rotatable bonds is 4. The van der Waals surface area contributed by atoms with Crippen molar-refractivity contribution in [3.63, 3.8) is 0 Å². The standard InChI is InChI=1S/C19H29N5O/c25-19(24-11-3-4-17(24)15-22-9-1-2-10-22)16-5-12-23(13-6-16)18-14-20-7-8-21-18/h7-8,14,16-17H,1-6,9-13,15H2/t17-/m1/s1. The maximum absolute atomic E-state index is 13.1. The minimum atomic E-state index is 0.187. The number of hydrogen-bond acceptors (Lipinski definition) is 5. The van der Waals surface area contributed by atoms with Crippen molar-refractivity contribution in [3.05, 3.63) is 18.6 Å². The fourth-order valence-electron chi connectivity index (χ4n) is 4.62. The number of nitrogens with zero attached hydrogens (tertiary/aromatic N) is 5. The Balaban J connectivity index is 1.32. The smallest absolute Gasteiger partial charge is 0.226 e. The number of likely N-dealkylation sites (tertiary alicyclic amines) is 2. The molecule has 0 aromatic carbocycles. The Morgan fingerprint density at radius 1 is 1.00 bits per heavy atom. The molecule has 0 N–H and O–H groups in total. The van der Waals surface area contributed by atoms with Gasteiger partial charge in [-0.2, -0.15) is 0 Å². The molecule has 3 aliphatic rings. The van der Waals surface area contributed by atoms with Crippen LogP contribution >= 0.6 is 0 Å². The van der Waals surface area contributed by atoms with Crippen LogP contribution in [0.3, 0.4) is 0 Å². The third kappa shape index (κ3) is 3.78. The van der Waals surface area contributed by atoms with Gasteiger partial charge in [0.2, 0.25) is 5.91 Å². The van der Waals surface area contributed by atoms with E-state index in [1.807, 2.05) is 6.20 Å². The first-order chi connectivity index (χ1) is 12.3. The van der Waals surface area contributed by atoms with Crippen molar-refractivity contribution in [1.29, 1.82) is 0 Å². The molecule has 25 heavy (non-hydrogen) atoms. The van der Waals surface area contributed by atoms with Crippen molar-refractivity contribution in [3.8, 4) is 0 Å². The lowest BCUT2D eigenvalue weighted by atomic mass is 9.95. The van der Waals surface area contributed by atoms with Crippen LogP contribution in [-0.2, 0) is 4.79 Å². The predicted octanol–water partition coefficient (Wildman–Crippen LogP) is 1.78. The summed E-state index contributed by atoms with van der Waals surface area (Å²) in [6.07, 6.45) is 12.1. The van der Waals surface area contributed by atoms with Gasteiger partial charge in [-0.15, -0.1) is 0 Å². The van der Waals surface area contributed by atoms with Gasteiger partial charge in [0.25, 0.3) is 0 Å². The van der Waals surface area contributed by atoms with Gasteiger partial charge >= 0.3 is 0 Å². The molecule has 0 saturated carbocycles. The topological polar surface area (TPSA) is 52.6 Å². The van der Waals surface area contributed by atoms with Crippen molar-refractivity contribution < 1.29 is 4.79 Å². The first-order valence-corrected chi connectivity index (χ1v) is 9.85. The Morgan fingerprint density at radius 3 is 2.52 bits per heavy atom. The Kier molecular flexibility index (Phi) is 5.15. The van der Waals surface area contributed by atoms with Crippen LogP contribution in [0.4, 0.5) is 5.82 Å². The lowest BCUT2D eigenvalue weighted by molar-refractivity contribution is -0.137. The van der Waals surface area contributed by atoms with E-state index in [4.69, 9.17) is 0 Å². The fraction of sp³-hybridized carbons (Fsp3) is 0.737. The molecule has 0 radical (unpaired) electrons. The highest BCUT2D eigenvalue weighted by Gasteiger charge is 2.35. The Hall–Kier alpha value is -1.69. The molecule has 1 atom stereocenters. The van der Waals surface area contributed by atoms with E-state index in [-0.39, 0.29) is 5.92 Å². The van der Waals surface area contributed by atoms with Crippen LogP contribution in [0.1, 0.15) is 38.5 Å². The zero-order valence-electron chi connectivity index (χ0n) is 15.0. The molecule has 6 nitrogen and oxygen atoms in total. The second-order valence-electron chi connectivity index (χ2n) is 7.66. The monoisotopic (exact) mass is 343 g/mol. The number of carbonyl (C=O) groups excluding carboxylic acids is 1. The number of hydrogen-bond donors (Lipinski definition) is 0. The molecule has 4 rings (SSSR count). The zero-order chi connectivity index (χ0) is 17.1. The highest BCUT2D eigenvalue weighted by molar-refractivity contribution is 5.79. The van der Waals surface area contributed by atoms with Gasteiger partial charge < -0.3 is 14.7 Å². The Labute approximate surface area is 150 Å². The fourth-order valence-corrected chi connectivity index (χ4v) is 4.62. The molecule has 3 aliphatic heterocycles. The average Bonchev–Trinajstić information content (AvgIpc) is 3.34. The molecule has 1 aromatic rings. The molecular weight excluding hydrogens is 314 g/mol. The Bertz CT molecular complexity index is 566. The quantitative estimate of drug-likeness (QED) is 0.834. The molecule has 4 heterocycles. The molecule has 0 spiro atoms. The summed E-state index contributed by atoms with van der Waals surface area (Å²) in [5.74, 6) is 1.52. The van der Waals surface area contributed by atoms with Gasteiger partial charge in [-0.25, -0.2) is 4.98 Å². The van der Waals surface area contributed by atoms with Gasteiger partial charge in [0, 0.05) is 50.5 Å². The van der Waals surface area contributed by atoms with Crippen LogP contribution in [0.15, 0.2) is 18.6 Å². The van der Waals surface area contributed by atoms with E-state index in [1.165, 1.54) is 38.8 Å². The van der Waals surface area contributed by atoms with Gasteiger partial charge in [0.15, 0.2) is 0 Å². The van der Waals surface area contributed by atoms with E-state index in [0.29, 0.717) is 11.9 Å². The van der Waals surface area contributed by atoms with Crippen LogP contribution in [0.25, 0.3) is 0 Å². The van der Waals surface area contributed by atoms with E-state index in [9.17, 15) is 4.79 Å². The molecule has 136 valence electrons. The summed E-state index contributed by atoms with van der Waals surface area (Å²) >= 11 is 0. The maximum Gasteiger partial charge on any atom is 0.226 e. The summed E-state index contributed by atoms with van der Waals surface area (Å²) in [5, 5.41) is 0. The molecule has 0 bridgehead atoms.